The molecule has 0 saturated heterocycles. The van der Waals surface area contributed by atoms with E-state index in [4.69, 9.17) is 4.74 Å². The minimum Gasteiger partial charge on any atom is -0.481 e. The van der Waals surface area contributed by atoms with Crippen molar-refractivity contribution in [1.29, 1.82) is 0 Å². The molecule has 1 heterocycles. The van der Waals surface area contributed by atoms with Crippen LogP contribution in [0.4, 0.5) is 8.78 Å². The van der Waals surface area contributed by atoms with Crippen LogP contribution in [0.3, 0.4) is 0 Å². The highest BCUT2D eigenvalue weighted by atomic mass is 19.1. The van der Waals surface area contributed by atoms with Crippen molar-refractivity contribution in [2.24, 2.45) is 0 Å². The normalized spacial score (nSPS) is 12.2. The summed E-state index contributed by atoms with van der Waals surface area (Å²) in [4.78, 5) is 7.70. The molecule has 1 aromatic carbocycles. The van der Waals surface area contributed by atoms with Gasteiger partial charge in [0.1, 0.15) is 24.1 Å². The third kappa shape index (κ3) is 3.23. The molecule has 1 unspecified atom stereocenters. The summed E-state index contributed by atoms with van der Waals surface area (Å²) < 4.78 is 31.1. The van der Waals surface area contributed by atoms with Crippen molar-refractivity contribution < 1.29 is 18.6 Å². The molecule has 0 amide bonds. The quantitative estimate of drug-likeness (QED) is 0.920. The van der Waals surface area contributed by atoms with Crippen molar-refractivity contribution in [1.82, 2.24) is 9.97 Å². The molecule has 0 saturated carbocycles. The highest BCUT2D eigenvalue weighted by Gasteiger charge is 2.14. The van der Waals surface area contributed by atoms with Crippen molar-refractivity contribution in [2.75, 3.05) is 7.11 Å². The fourth-order valence-corrected chi connectivity index (χ4v) is 1.65. The maximum atomic E-state index is 13.5. The van der Waals surface area contributed by atoms with Crippen molar-refractivity contribution in [3.63, 3.8) is 0 Å². The van der Waals surface area contributed by atoms with E-state index in [-0.39, 0.29) is 12.0 Å². The van der Waals surface area contributed by atoms with Crippen LogP contribution >= 0.6 is 0 Å². The summed E-state index contributed by atoms with van der Waals surface area (Å²) in [5.41, 5.74) is 0.530. The molecule has 2 rings (SSSR count). The number of aromatic nitrogens is 2. The Morgan fingerprint density at radius 3 is 2.74 bits per heavy atom. The molecule has 0 aliphatic carbocycles. The summed E-state index contributed by atoms with van der Waals surface area (Å²) in [7, 11) is 1.44. The predicted molar refractivity (Wildman–Crippen MR) is 63.6 cm³/mol. The third-order valence-electron chi connectivity index (χ3n) is 2.64. The summed E-state index contributed by atoms with van der Waals surface area (Å²) in [6, 6.07) is 4.69. The lowest BCUT2D eigenvalue weighted by atomic mass is 10.0. The number of hydrogen-bond donors (Lipinski definition) is 1. The Morgan fingerprint density at radius 1 is 1.26 bits per heavy atom. The van der Waals surface area contributed by atoms with Gasteiger partial charge in [-0.1, -0.05) is 6.07 Å². The summed E-state index contributed by atoms with van der Waals surface area (Å²) in [6.07, 6.45) is 0.224. The standard InChI is InChI=1S/C13H12F2N2O2/c1-19-13-6-11(16-7-17-13)12(18)4-8-2-3-9(14)5-10(8)15/h2-3,5-7,12,18H,4H2,1H3. The highest BCUT2D eigenvalue weighted by Crippen LogP contribution is 2.20. The van der Waals surface area contributed by atoms with Gasteiger partial charge in [0, 0.05) is 18.6 Å². The van der Waals surface area contributed by atoms with Gasteiger partial charge in [0.05, 0.1) is 12.8 Å². The van der Waals surface area contributed by atoms with Gasteiger partial charge < -0.3 is 9.84 Å². The van der Waals surface area contributed by atoms with Crippen molar-refractivity contribution in [2.45, 2.75) is 12.5 Å². The largest absolute Gasteiger partial charge is 0.481 e. The Balaban J connectivity index is 2.17. The molecule has 4 nitrogen and oxygen atoms in total. The number of hydrogen-bond acceptors (Lipinski definition) is 4. The molecule has 0 aliphatic rings. The van der Waals surface area contributed by atoms with Gasteiger partial charge in [-0.15, -0.1) is 0 Å². The zero-order valence-corrected chi connectivity index (χ0v) is 10.2. The zero-order chi connectivity index (χ0) is 13.8. The lowest BCUT2D eigenvalue weighted by Gasteiger charge is -2.11. The molecule has 0 bridgehead atoms. The van der Waals surface area contributed by atoms with Crippen LogP contribution in [0.15, 0.2) is 30.6 Å². The molecule has 1 N–H and O–H groups in total. The number of methoxy groups -OCH3 is 1. The molecule has 0 aliphatic heterocycles. The first kappa shape index (κ1) is 13.4. The second-order valence-corrected chi connectivity index (χ2v) is 3.94. The van der Waals surface area contributed by atoms with E-state index >= 15 is 0 Å². The van der Waals surface area contributed by atoms with Gasteiger partial charge in [0.2, 0.25) is 5.88 Å². The van der Waals surface area contributed by atoms with Crippen LogP contribution in [-0.4, -0.2) is 22.2 Å². The first-order chi connectivity index (χ1) is 9.10. The lowest BCUT2D eigenvalue weighted by molar-refractivity contribution is 0.171. The molecule has 6 heteroatoms. The van der Waals surface area contributed by atoms with E-state index in [9.17, 15) is 13.9 Å². The van der Waals surface area contributed by atoms with Crippen LogP contribution in [0, 0.1) is 11.6 Å². The van der Waals surface area contributed by atoms with Crippen molar-refractivity contribution in [3.8, 4) is 5.88 Å². The maximum Gasteiger partial charge on any atom is 0.216 e. The molecule has 0 fully saturated rings. The van der Waals surface area contributed by atoms with Crippen molar-refractivity contribution in [3.05, 3.63) is 53.5 Å². The minimum absolute atomic E-state index is 0.00766. The predicted octanol–water partition coefficient (Wildman–Crippen LogP) is 2.04. The van der Waals surface area contributed by atoms with E-state index in [0.717, 1.165) is 12.1 Å². The molecule has 0 radical (unpaired) electrons. The second kappa shape index (κ2) is 5.71. The average Bonchev–Trinajstić information content (AvgIpc) is 2.42. The number of halogens is 2. The smallest absolute Gasteiger partial charge is 0.216 e. The fourth-order valence-electron chi connectivity index (χ4n) is 1.65. The zero-order valence-electron chi connectivity index (χ0n) is 10.2. The number of ether oxygens (including phenoxy) is 1. The number of aliphatic hydroxyl groups is 1. The Morgan fingerprint density at radius 2 is 2.05 bits per heavy atom. The average molecular weight is 266 g/mol. The summed E-state index contributed by atoms with van der Waals surface area (Å²) in [5, 5.41) is 9.98. The van der Waals surface area contributed by atoms with E-state index in [1.165, 1.54) is 25.6 Å². The Bertz CT molecular complexity index is 578. The third-order valence-corrected chi connectivity index (χ3v) is 2.64. The van der Waals surface area contributed by atoms with Gasteiger partial charge >= 0.3 is 0 Å². The first-order valence-corrected chi connectivity index (χ1v) is 5.58. The molecular weight excluding hydrogens is 254 g/mol. The summed E-state index contributed by atoms with van der Waals surface area (Å²) >= 11 is 0. The van der Waals surface area contributed by atoms with Crippen LogP contribution in [0.2, 0.25) is 0 Å². The van der Waals surface area contributed by atoms with E-state index < -0.39 is 17.7 Å². The molecule has 0 spiro atoms. The monoisotopic (exact) mass is 266 g/mol. The van der Waals surface area contributed by atoms with Gasteiger partial charge in [-0.25, -0.2) is 18.7 Å². The molecule has 19 heavy (non-hydrogen) atoms. The van der Waals surface area contributed by atoms with Gasteiger partial charge in [-0.3, -0.25) is 0 Å². The highest BCUT2D eigenvalue weighted by molar-refractivity contribution is 5.22. The fraction of sp³-hybridized carbons (Fsp3) is 0.231. The van der Waals surface area contributed by atoms with Crippen LogP contribution in [0.25, 0.3) is 0 Å². The van der Waals surface area contributed by atoms with Crippen LogP contribution < -0.4 is 4.74 Å². The topological polar surface area (TPSA) is 55.2 Å². The molecule has 2 aromatic rings. The molecule has 1 aromatic heterocycles. The SMILES string of the molecule is COc1cc(C(O)Cc2ccc(F)cc2F)ncn1. The molecule has 1 atom stereocenters. The molecular formula is C13H12F2N2O2. The summed E-state index contributed by atoms with van der Waals surface area (Å²) in [5.74, 6) is -1.04. The summed E-state index contributed by atoms with van der Waals surface area (Å²) in [6.45, 7) is 0. The van der Waals surface area contributed by atoms with Gasteiger partial charge in [-0.05, 0) is 11.6 Å². The van der Waals surface area contributed by atoms with Gasteiger partial charge in [0.25, 0.3) is 0 Å². The Hall–Kier alpha value is -2.08. The van der Waals surface area contributed by atoms with Crippen LogP contribution in [0.1, 0.15) is 17.4 Å². The first-order valence-electron chi connectivity index (χ1n) is 5.58. The Kier molecular flexibility index (Phi) is 4.01. The number of aliphatic hydroxyl groups excluding tert-OH is 1. The van der Waals surface area contributed by atoms with Crippen LogP contribution in [0.5, 0.6) is 5.88 Å². The number of rotatable bonds is 4. The second-order valence-electron chi connectivity index (χ2n) is 3.94. The van der Waals surface area contributed by atoms with E-state index in [1.54, 1.807) is 0 Å². The van der Waals surface area contributed by atoms with E-state index in [2.05, 4.69) is 9.97 Å². The molecule has 100 valence electrons. The minimum atomic E-state index is -1.02. The lowest BCUT2D eigenvalue weighted by Crippen LogP contribution is -2.06. The Labute approximate surface area is 108 Å². The number of benzene rings is 1. The van der Waals surface area contributed by atoms with Crippen molar-refractivity contribution >= 4 is 0 Å². The van der Waals surface area contributed by atoms with Crippen LogP contribution in [-0.2, 0) is 6.42 Å². The van der Waals surface area contributed by atoms with Gasteiger partial charge in [0.15, 0.2) is 0 Å². The number of nitrogens with zero attached hydrogens (tertiary/aromatic N) is 2. The van der Waals surface area contributed by atoms with E-state index in [0.29, 0.717) is 11.6 Å². The van der Waals surface area contributed by atoms with E-state index in [1.807, 2.05) is 0 Å². The maximum absolute atomic E-state index is 13.5. The van der Waals surface area contributed by atoms with Gasteiger partial charge in [-0.2, -0.15) is 0 Å².